The van der Waals surface area contributed by atoms with Crippen LogP contribution in [0.3, 0.4) is 0 Å². The number of ketones is 2. The Morgan fingerprint density at radius 2 is 1.70 bits per heavy atom. The third-order valence-electron chi connectivity index (χ3n) is 2.47. The number of hydrogen-bond acceptors (Lipinski definition) is 6. The summed E-state index contributed by atoms with van der Waals surface area (Å²) in [5.41, 5.74) is 0. The zero-order valence-electron chi connectivity index (χ0n) is 11.8. The van der Waals surface area contributed by atoms with E-state index in [1.807, 2.05) is 0 Å². The van der Waals surface area contributed by atoms with Gasteiger partial charge in [-0.05, 0) is 26.3 Å². The van der Waals surface area contributed by atoms with Crippen LogP contribution in [0.25, 0.3) is 0 Å². The molecule has 0 amide bonds. The van der Waals surface area contributed by atoms with Crippen LogP contribution < -0.4 is 0 Å². The molecule has 0 rings (SSSR count). The lowest BCUT2D eigenvalue weighted by atomic mass is 9.96. The topological polar surface area (TPSA) is 86.7 Å². The van der Waals surface area contributed by atoms with E-state index in [-0.39, 0.29) is 38.3 Å². The Kier molecular flexibility index (Phi) is 8.91. The second-order valence-electron chi connectivity index (χ2n) is 3.97. The number of Topliss-reactive ketones (excluding diaryl/α,β-unsaturated/α-hetero) is 1. The van der Waals surface area contributed by atoms with E-state index in [9.17, 15) is 19.2 Å². The molecule has 0 spiro atoms. The fourth-order valence-electron chi connectivity index (χ4n) is 1.53. The molecule has 0 fully saturated rings. The zero-order chi connectivity index (χ0) is 15.5. The van der Waals surface area contributed by atoms with Crippen LogP contribution >= 0.6 is 0 Å². The average Bonchev–Trinajstić information content (AvgIpc) is 2.39. The van der Waals surface area contributed by atoms with Gasteiger partial charge in [0.1, 0.15) is 18.1 Å². The summed E-state index contributed by atoms with van der Waals surface area (Å²) in [6, 6.07) is 0. The van der Waals surface area contributed by atoms with Crippen LogP contribution in [0.1, 0.15) is 33.1 Å². The molecule has 112 valence electrons. The molecule has 0 aromatic rings. The van der Waals surface area contributed by atoms with Crippen molar-refractivity contribution in [2.24, 2.45) is 5.92 Å². The molecule has 0 heterocycles. The van der Waals surface area contributed by atoms with Gasteiger partial charge in [0.2, 0.25) is 0 Å². The van der Waals surface area contributed by atoms with Crippen molar-refractivity contribution < 1.29 is 28.7 Å². The SMILES string of the molecule is C=CC(=O)C(CCC(=O)CC(=O)OCC)C(=O)OCC. The minimum Gasteiger partial charge on any atom is -0.466 e. The first-order chi connectivity index (χ1) is 9.46. The van der Waals surface area contributed by atoms with Gasteiger partial charge in [-0.25, -0.2) is 0 Å². The van der Waals surface area contributed by atoms with E-state index in [4.69, 9.17) is 4.74 Å². The van der Waals surface area contributed by atoms with Gasteiger partial charge >= 0.3 is 11.9 Å². The van der Waals surface area contributed by atoms with Gasteiger partial charge in [-0.3, -0.25) is 19.2 Å². The van der Waals surface area contributed by atoms with Gasteiger partial charge in [-0.15, -0.1) is 0 Å². The summed E-state index contributed by atoms with van der Waals surface area (Å²) in [4.78, 5) is 45.8. The van der Waals surface area contributed by atoms with Crippen molar-refractivity contribution in [3.8, 4) is 0 Å². The minimum atomic E-state index is -1.04. The van der Waals surface area contributed by atoms with Crippen molar-refractivity contribution in [3.63, 3.8) is 0 Å². The number of carbonyl (C=O) groups excluding carboxylic acids is 4. The molecule has 0 radical (unpaired) electrons. The molecule has 0 N–H and O–H groups in total. The van der Waals surface area contributed by atoms with Crippen molar-refractivity contribution in [1.29, 1.82) is 0 Å². The standard InChI is InChI=1S/C14H20O6/c1-4-12(16)11(14(18)20-6-3)8-7-10(15)9-13(17)19-5-2/h4,11H,1,5-9H2,2-3H3. The van der Waals surface area contributed by atoms with Gasteiger partial charge in [0.05, 0.1) is 13.2 Å². The first-order valence-corrected chi connectivity index (χ1v) is 6.46. The summed E-state index contributed by atoms with van der Waals surface area (Å²) in [6.45, 7) is 6.92. The second kappa shape index (κ2) is 9.89. The summed E-state index contributed by atoms with van der Waals surface area (Å²) in [7, 11) is 0. The number of rotatable bonds is 10. The first-order valence-electron chi connectivity index (χ1n) is 6.46. The lowest BCUT2D eigenvalue weighted by Crippen LogP contribution is -2.26. The molecule has 0 aliphatic heterocycles. The maximum absolute atomic E-state index is 11.6. The van der Waals surface area contributed by atoms with Gasteiger partial charge in [-0.1, -0.05) is 6.58 Å². The van der Waals surface area contributed by atoms with E-state index in [1.165, 1.54) is 0 Å². The van der Waals surface area contributed by atoms with E-state index in [0.29, 0.717) is 0 Å². The number of hydrogen-bond donors (Lipinski definition) is 0. The van der Waals surface area contributed by atoms with Crippen LogP contribution in [0.2, 0.25) is 0 Å². The van der Waals surface area contributed by atoms with E-state index in [0.717, 1.165) is 6.08 Å². The lowest BCUT2D eigenvalue weighted by Gasteiger charge is -2.12. The van der Waals surface area contributed by atoms with Crippen molar-refractivity contribution >= 4 is 23.5 Å². The highest BCUT2D eigenvalue weighted by Gasteiger charge is 2.26. The smallest absolute Gasteiger partial charge is 0.316 e. The molecule has 0 aromatic heterocycles. The fraction of sp³-hybridized carbons (Fsp3) is 0.571. The highest BCUT2D eigenvalue weighted by Crippen LogP contribution is 2.13. The van der Waals surface area contributed by atoms with Crippen LogP contribution in [0, 0.1) is 5.92 Å². The van der Waals surface area contributed by atoms with Crippen LogP contribution in [0.4, 0.5) is 0 Å². The molecule has 0 aromatic carbocycles. The van der Waals surface area contributed by atoms with Crippen molar-refractivity contribution in [3.05, 3.63) is 12.7 Å². The average molecular weight is 284 g/mol. The molecular weight excluding hydrogens is 264 g/mol. The molecule has 0 saturated carbocycles. The highest BCUT2D eigenvalue weighted by molar-refractivity contribution is 6.05. The van der Waals surface area contributed by atoms with Crippen molar-refractivity contribution in [2.75, 3.05) is 13.2 Å². The predicted molar refractivity (Wildman–Crippen MR) is 70.8 cm³/mol. The van der Waals surface area contributed by atoms with Crippen LogP contribution in [0.5, 0.6) is 0 Å². The minimum absolute atomic E-state index is 0.00191. The fourth-order valence-corrected chi connectivity index (χ4v) is 1.53. The van der Waals surface area contributed by atoms with Crippen molar-refractivity contribution in [1.82, 2.24) is 0 Å². The van der Waals surface area contributed by atoms with E-state index in [1.54, 1.807) is 13.8 Å². The maximum atomic E-state index is 11.6. The Bertz CT molecular complexity index is 385. The van der Waals surface area contributed by atoms with Gasteiger partial charge in [0.15, 0.2) is 5.78 Å². The molecule has 6 heteroatoms. The Hall–Kier alpha value is -1.98. The molecule has 0 saturated heterocycles. The molecule has 20 heavy (non-hydrogen) atoms. The predicted octanol–water partition coefficient (Wildman–Crippen LogP) is 1.22. The zero-order valence-corrected chi connectivity index (χ0v) is 11.8. The molecule has 1 unspecified atom stereocenters. The van der Waals surface area contributed by atoms with Gasteiger partial charge in [0, 0.05) is 6.42 Å². The van der Waals surface area contributed by atoms with Crippen molar-refractivity contribution in [2.45, 2.75) is 33.1 Å². The summed E-state index contributed by atoms with van der Waals surface area (Å²) >= 11 is 0. The summed E-state index contributed by atoms with van der Waals surface area (Å²) in [6.07, 6.45) is 0.604. The normalized spacial score (nSPS) is 11.3. The Balaban J connectivity index is 4.42. The Morgan fingerprint density at radius 3 is 2.20 bits per heavy atom. The van der Waals surface area contributed by atoms with E-state index in [2.05, 4.69) is 11.3 Å². The first kappa shape index (κ1) is 18.0. The van der Waals surface area contributed by atoms with Gasteiger partial charge in [-0.2, -0.15) is 0 Å². The highest BCUT2D eigenvalue weighted by atomic mass is 16.5. The molecule has 1 atom stereocenters. The monoisotopic (exact) mass is 284 g/mol. The number of ether oxygens (including phenoxy) is 2. The van der Waals surface area contributed by atoms with Gasteiger partial charge in [0.25, 0.3) is 0 Å². The number of carbonyl (C=O) groups is 4. The maximum Gasteiger partial charge on any atom is 0.316 e. The molecule has 0 aliphatic carbocycles. The second-order valence-corrected chi connectivity index (χ2v) is 3.97. The number of allylic oxidation sites excluding steroid dienone is 1. The quantitative estimate of drug-likeness (QED) is 0.340. The third kappa shape index (κ3) is 6.82. The lowest BCUT2D eigenvalue weighted by molar-refractivity contribution is -0.150. The van der Waals surface area contributed by atoms with E-state index >= 15 is 0 Å². The third-order valence-corrected chi connectivity index (χ3v) is 2.47. The summed E-state index contributed by atoms with van der Waals surface area (Å²) < 4.78 is 9.41. The van der Waals surface area contributed by atoms with Crippen LogP contribution in [-0.2, 0) is 28.7 Å². The Morgan fingerprint density at radius 1 is 1.10 bits per heavy atom. The summed E-state index contributed by atoms with van der Waals surface area (Å²) in [5.74, 6) is -3.21. The van der Waals surface area contributed by atoms with Gasteiger partial charge < -0.3 is 9.47 Å². The largest absolute Gasteiger partial charge is 0.466 e. The Labute approximate surface area is 118 Å². The molecule has 0 aliphatic rings. The van der Waals surface area contributed by atoms with Crippen LogP contribution in [0.15, 0.2) is 12.7 Å². The molecule has 6 nitrogen and oxygen atoms in total. The van der Waals surface area contributed by atoms with Crippen LogP contribution in [-0.4, -0.2) is 36.7 Å². The number of esters is 2. The molecular formula is C14H20O6. The molecule has 0 bridgehead atoms. The van der Waals surface area contributed by atoms with E-state index < -0.39 is 23.6 Å². The summed E-state index contributed by atoms with van der Waals surface area (Å²) in [5, 5.41) is 0.